The van der Waals surface area contributed by atoms with E-state index in [2.05, 4.69) is 5.10 Å². The van der Waals surface area contributed by atoms with Crippen LogP contribution in [0.2, 0.25) is 0 Å². The van der Waals surface area contributed by atoms with E-state index in [0.29, 0.717) is 18.0 Å². The van der Waals surface area contributed by atoms with E-state index in [-0.39, 0.29) is 5.56 Å². The van der Waals surface area contributed by atoms with Crippen molar-refractivity contribution in [3.63, 3.8) is 0 Å². The molecule has 0 aliphatic carbocycles. The summed E-state index contributed by atoms with van der Waals surface area (Å²) >= 11 is 0. The van der Waals surface area contributed by atoms with Crippen molar-refractivity contribution in [2.45, 2.75) is 13.3 Å². The summed E-state index contributed by atoms with van der Waals surface area (Å²) < 4.78 is 19.8. The molecule has 0 amide bonds. The van der Waals surface area contributed by atoms with Gasteiger partial charge in [-0.05, 0) is 24.6 Å². The Hall–Kier alpha value is -2.37. The summed E-state index contributed by atoms with van der Waals surface area (Å²) in [5.41, 5.74) is 0.144. The van der Waals surface area contributed by atoms with Crippen LogP contribution in [0.1, 0.15) is 23.7 Å². The highest BCUT2D eigenvalue weighted by Gasteiger charge is 2.14. The second-order valence-corrected chi connectivity index (χ2v) is 3.94. The molecule has 0 spiro atoms. The molecule has 19 heavy (non-hydrogen) atoms. The van der Waals surface area contributed by atoms with E-state index in [1.165, 1.54) is 23.0 Å². The molecule has 2 rings (SSSR count). The van der Waals surface area contributed by atoms with Crippen LogP contribution in [0.15, 0.2) is 30.6 Å². The summed E-state index contributed by atoms with van der Waals surface area (Å²) in [5, 5.41) is 13.1. The molecule has 0 bridgehead atoms. The zero-order chi connectivity index (χ0) is 13.8. The number of halogens is 1. The lowest BCUT2D eigenvalue weighted by Gasteiger charge is -2.05. The third-order valence-corrected chi connectivity index (χ3v) is 2.47. The van der Waals surface area contributed by atoms with Gasteiger partial charge in [-0.2, -0.15) is 5.10 Å². The van der Waals surface area contributed by atoms with Gasteiger partial charge < -0.3 is 9.84 Å². The van der Waals surface area contributed by atoms with Crippen molar-refractivity contribution in [2.24, 2.45) is 0 Å². The zero-order valence-electron chi connectivity index (χ0n) is 10.3. The molecular formula is C13H13FN2O3. The summed E-state index contributed by atoms with van der Waals surface area (Å²) in [6.07, 6.45) is 3.92. The number of aromatic carboxylic acids is 1. The quantitative estimate of drug-likeness (QED) is 0.901. The molecule has 0 atom stereocenters. The Bertz CT molecular complexity index is 595. The fraction of sp³-hybridized carbons (Fsp3) is 0.231. The minimum Gasteiger partial charge on any atom is -0.490 e. The van der Waals surface area contributed by atoms with Gasteiger partial charge in [-0.3, -0.25) is 0 Å². The molecule has 2 aromatic rings. The Balaban J connectivity index is 2.36. The minimum atomic E-state index is -1.21. The maximum Gasteiger partial charge on any atom is 0.338 e. The molecule has 1 N–H and O–H groups in total. The van der Waals surface area contributed by atoms with Crippen molar-refractivity contribution in [3.8, 4) is 11.4 Å². The number of benzene rings is 1. The lowest BCUT2D eigenvalue weighted by Crippen LogP contribution is -2.06. The van der Waals surface area contributed by atoms with Gasteiger partial charge in [0.1, 0.15) is 5.82 Å². The highest BCUT2D eigenvalue weighted by Crippen LogP contribution is 2.19. The van der Waals surface area contributed by atoms with Crippen molar-refractivity contribution in [1.82, 2.24) is 9.78 Å². The van der Waals surface area contributed by atoms with E-state index in [1.54, 1.807) is 6.20 Å². The molecule has 0 aliphatic heterocycles. The largest absolute Gasteiger partial charge is 0.490 e. The maximum atomic E-state index is 13.1. The standard InChI is InChI=1S/C13H13FN2O3/c1-2-5-19-10-7-15-16(8-10)12-4-3-9(14)6-11(12)13(17)18/h3-4,6-8H,2,5H2,1H3,(H,17,18). The highest BCUT2D eigenvalue weighted by molar-refractivity contribution is 5.91. The molecule has 0 aliphatic rings. The van der Waals surface area contributed by atoms with Crippen molar-refractivity contribution in [2.75, 3.05) is 6.61 Å². The number of rotatable bonds is 5. The summed E-state index contributed by atoms with van der Waals surface area (Å²) in [6, 6.07) is 3.53. The summed E-state index contributed by atoms with van der Waals surface area (Å²) in [7, 11) is 0. The molecule has 1 aromatic carbocycles. The highest BCUT2D eigenvalue weighted by atomic mass is 19.1. The normalized spacial score (nSPS) is 10.4. The second-order valence-electron chi connectivity index (χ2n) is 3.94. The summed E-state index contributed by atoms with van der Waals surface area (Å²) in [4.78, 5) is 11.1. The SMILES string of the molecule is CCCOc1cnn(-c2ccc(F)cc2C(=O)O)c1. The predicted octanol–water partition coefficient (Wildman–Crippen LogP) is 2.50. The first-order valence-electron chi connectivity index (χ1n) is 5.82. The Labute approximate surface area is 109 Å². The Morgan fingerprint density at radius 3 is 3.00 bits per heavy atom. The van der Waals surface area contributed by atoms with Gasteiger partial charge in [0, 0.05) is 0 Å². The van der Waals surface area contributed by atoms with E-state index in [1.807, 2.05) is 6.92 Å². The number of aromatic nitrogens is 2. The fourth-order valence-electron chi connectivity index (χ4n) is 1.61. The van der Waals surface area contributed by atoms with Crippen molar-refractivity contribution >= 4 is 5.97 Å². The summed E-state index contributed by atoms with van der Waals surface area (Å²) in [6.45, 7) is 2.54. The van der Waals surface area contributed by atoms with E-state index in [0.717, 1.165) is 12.5 Å². The number of ether oxygens (including phenoxy) is 1. The van der Waals surface area contributed by atoms with Crippen LogP contribution >= 0.6 is 0 Å². The van der Waals surface area contributed by atoms with Gasteiger partial charge in [0.05, 0.1) is 30.3 Å². The van der Waals surface area contributed by atoms with Gasteiger partial charge in [0.25, 0.3) is 0 Å². The Morgan fingerprint density at radius 1 is 1.53 bits per heavy atom. The van der Waals surface area contributed by atoms with Gasteiger partial charge in [0.15, 0.2) is 5.75 Å². The molecule has 5 nitrogen and oxygen atoms in total. The fourth-order valence-corrected chi connectivity index (χ4v) is 1.61. The maximum absolute atomic E-state index is 13.1. The first-order valence-corrected chi connectivity index (χ1v) is 5.82. The number of hydrogen-bond donors (Lipinski definition) is 1. The van der Waals surface area contributed by atoms with Crippen LogP contribution in [0.3, 0.4) is 0 Å². The number of hydrogen-bond acceptors (Lipinski definition) is 3. The molecule has 0 saturated carbocycles. The monoisotopic (exact) mass is 264 g/mol. The van der Waals surface area contributed by atoms with E-state index in [4.69, 9.17) is 9.84 Å². The molecule has 0 radical (unpaired) electrons. The van der Waals surface area contributed by atoms with Crippen LogP contribution in [0.4, 0.5) is 4.39 Å². The van der Waals surface area contributed by atoms with Gasteiger partial charge in [-0.1, -0.05) is 6.92 Å². The first kappa shape index (κ1) is 13.1. The molecule has 1 heterocycles. The first-order chi connectivity index (χ1) is 9.11. The van der Waals surface area contributed by atoms with Gasteiger partial charge in [-0.25, -0.2) is 13.9 Å². The average Bonchev–Trinajstić information content (AvgIpc) is 2.84. The van der Waals surface area contributed by atoms with Crippen LogP contribution in [0.5, 0.6) is 5.75 Å². The molecule has 1 aromatic heterocycles. The molecule has 100 valence electrons. The average molecular weight is 264 g/mol. The van der Waals surface area contributed by atoms with Crippen molar-refractivity contribution in [3.05, 3.63) is 42.0 Å². The lowest BCUT2D eigenvalue weighted by molar-refractivity contribution is 0.0696. The molecule has 0 unspecified atom stereocenters. The van der Waals surface area contributed by atoms with E-state index < -0.39 is 11.8 Å². The molecule has 6 heteroatoms. The van der Waals surface area contributed by atoms with Crippen molar-refractivity contribution in [1.29, 1.82) is 0 Å². The van der Waals surface area contributed by atoms with E-state index in [9.17, 15) is 9.18 Å². The number of carboxylic acid groups (broad SMARTS) is 1. The minimum absolute atomic E-state index is 0.148. The van der Waals surface area contributed by atoms with Crippen molar-refractivity contribution < 1.29 is 19.0 Å². The topological polar surface area (TPSA) is 64.4 Å². The van der Waals surface area contributed by atoms with Crippen LogP contribution < -0.4 is 4.74 Å². The smallest absolute Gasteiger partial charge is 0.338 e. The summed E-state index contributed by atoms with van der Waals surface area (Å²) in [5.74, 6) is -1.26. The van der Waals surface area contributed by atoms with E-state index >= 15 is 0 Å². The molecular weight excluding hydrogens is 251 g/mol. The van der Waals surface area contributed by atoms with Crippen LogP contribution in [0, 0.1) is 5.82 Å². The molecule has 0 saturated heterocycles. The number of carbonyl (C=O) groups is 1. The lowest BCUT2D eigenvalue weighted by atomic mass is 10.2. The third-order valence-electron chi connectivity index (χ3n) is 2.47. The van der Waals surface area contributed by atoms with Crippen LogP contribution in [-0.4, -0.2) is 27.5 Å². The Morgan fingerprint density at radius 2 is 2.32 bits per heavy atom. The Kier molecular flexibility index (Phi) is 3.79. The number of nitrogens with zero attached hydrogens (tertiary/aromatic N) is 2. The zero-order valence-corrected chi connectivity index (χ0v) is 10.3. The molecule has 0 fully saturated rings. The van der Waals surface area contributed by atoms with Crippen LogP contribution in [0.25, 0.3) is 5.69 Å². The third kappa shape index (κ3) is 2.90. The number of carboxylic acids is 1. The van der Waals surface area contributed by atoms with Crippen LogP contribution in [-0.2, 0) is 0 Å². The predicted molar refractivity (Wildman–Crippen MR) is 66.3 cm³/mol. The van der Waals surface area contributed by atoms with Gasteiger partial charge in [-0.15, -0.1) is 0 Å². The van der Waals surface area contributed by atoms with Gasteiger partial charge in [0.2, 0.25) is 0 Å². The second kappa shape index (κ2) is 5.51. The van der Waals surface area contributed by atoms with Gasteiger partial charge >= 0.3 is 5.97 Å².